The molecule has 2 N–H and O–H groups in total. The van der Waals surface area contributed by atoms with Crippen molar-refractivity contribution in [1.29, 1.82) is 0 Å². The van der Waals surface area contributed by atoms with Gasteiger partial charge in [0, 0.05) is 22.8 Å². The number of amides is 1. The number of thioether (sulfide) groups is 1. The molecule has 3 aromatic rings. The van der Waals surface area contributed by atoms with Crippen molar-refractivity contribution in [3.05, 3.63) is 83.4 Å². The van der Waals surface area contributed by atoms with Gasteiger partial charge in [-0.05, 0) is 74.4 Å². The summed E-state index contributed by atoms with van der Waals surface area (Å²) in [6, 6.07) is 20.0. The van der Waals surface area contributed by atoms with Crippen molar-refractivity contribution in [2.45, 2.75) is 37.0 Å². The van der Waals surface area contributed by atoms with Crippen molar-refractivity contribution < 1.29 is 13.2 Å². The molecule has 0 heterocycles. The minimum Gasteiger partial charge on any atom is -0.326 e. The van der Waals surface area contributed by atoms with Crippen molar-refractivity contribution in [2.24, 2.45) is 0 Å². The predicted octanol–water partition coefficient (Wildman–Crippen LogP) is 5.53. The number of sulfonamides is 1. The first-order valence-electron chi connectivity index (χ1n) is 9.92. The van der Waals surface area contributed by atoms with Gasteiger partial charge in [0.05, 0.1) is 10.6 Å². The highest BCUT2D eigenvalue weighted by Gasteiger charge is 2.15. The van der Waals surface area contributed by atoms with E-state index in [-0.39, 0.29) is 10.8 Å². The molecule has 0 unspecified atom stereocenters. The standard InChI is InChI=1S/C24H26N2O3S2/c1-17-5-10-21(11-6-17)30-15-14-24(27)25-20-8-12-22(13-9-20)31(28,29)26-23-16-18(2)4-7-19(23)3/h4-13,16,26H,14-15H2,1-3H3,(H,25,27). The summed E-state index contributed by atoms with van der Waals surface area (Å²) in [7, 11) is -3.71. The highest BCUT2D eigenvalue weighted by atomic mass is 32.2. The van der Waals surface area contributed by atoms with Crippen LogP contribution < -0.4 is 10.0 Å². The van der Waals surface area contributed by atoms with Crippen LogP contribution >= 0.6 is 11.8 Å². The molecule has 0 saturated heterocycles. The van der Waals surface area contributed by atoms with E-state index in [1.165, 1.54) is 17.7 Å². The van der Waals surface area contributed by atoms with Gasteiger partial charge in [0.1, 0.15) is 0 Å². The van der Waals surface area contributed by atoms with E-state index in [9.17, 15) is 13.2 Å². The first-order chi connectivity index (χ1) is 14.7. The maximum Gasteiger partial charge on any atom is 0.261 e. The first-order valence-corrected chi connectivity index (χ1v) is 12.4. The molecule has 7 heteroatoms. The van der Waals surface area contributed by atoms with E-state index in [1.54, 1.807) is 30.0 Å². The number of nitrogens with one attached hydrogen (secondary N) is 2. The Morgan fingerprint density at radius 1 is 0.871 bits per heavy atom. The van der Waals surface area contributed by atoms with E-state index in [0.717, 1.165) is 16.0 Å². The molecule has 0 aliphatic carbocycles. The van der Waals surface area contributed by atoms with E-state index in [1.807, 2.05) is 57.2 Å². The van der Waals surface area contributed by atoms with Crippen molar-refractivity contribution in [2.75, 3.05) is 15.8 Å². The SMILES string of the molecule is Cc1ccc(SCCC(=O)Nc2ccc(S(=O)(=O)Nc3cc(C)ccc3C)cc2)cc1. The lowest BCUT2D eigenvalue weighted by molar-refractivity contribution is -0.115. The van der Waals surface area contributed by atoms with E-state index in [0.29, 0.717) is 23.5 Å². The highest BCUT2D eigenvalue weighted by molar-refractivity contribution is 7.99. The zero-order chi connectivity index (χ0) is 22.4. The number of benzene rings is 3. The average molecular weight is 455 g/mol. The lowest BCUT2D eigenvalue weighted by Gasteiger charge is -2.12. The van der Waals surface area contributed by atoms with Gasteiger partial charge >= 0.3 is 0 Å². The quantitative estimate of drug-likeness (QED) is 0.439. The van der Waals surface area contributed by atoms with Crippen LogP contribution in [-0.2, 0) is 14.8 Å². The molecule has 0 atom stereocenters. The Morgan fingerprint density at radius 2 is 1.52 bits per heavy atom. The number of hydrogen-bond donors (Lipinski definition) is 2. The smallest absolute Gasteiger partial charge is 0.261 e. The highest BCUT2D eigenvalue weighted by Crippen LogP contribution is 2.23. The van der Waals surface area contributed by atoms with Gasteiger partial charge in [0.15, 0.2) is 0 Å². The van der Waals surface area contributed by atoms with E-state index < -0.39 is 10.0 Å². The van der Waals surface area contributed by atoms with Gasteiger partial charge in [0.25, 0.3) is 10.0 Å². The molecule has 0 radical (unpaired) electrons. The number of carbonyl (C=O) groups is 1. The summed E-state index contributed by atoms with van der Waals surface area (Å²) in [5, 5.41) is 2.81. The molecule has 1 amide bonds. The Labute approximate surface area is 188 Å². The number of hydrogen-bond acceptors (Lipinski definition) is 4. The summed E-state index contributed by atoms with van der Waals surface area (Å²) in [5.41, 5.74) is 4.15. The molecule has 3 aromatic carbocycles. The third kappa shape index (κ3) is 6.60. The monoisotopic (exact) mass is 454 g/mol. The fourth-order valence-electron chi connectivity index (χ4n) is 2.89. The Hall–Kier alpha value is -2.77. The van der Waals surface area contributed by atoms with E-state index >= 15 is 0 Å². The summed E-state index contributed by atoms with van der Waals surface area (Å²) >= 11 is 1.63. The number of rotatable bonds is 8. The molecule has 0 aliphatic heterocycles. The maximum absolute atomic E-state index is 12.7. The fraction of sp³-hybridized carbons (Fsp3) is 0.208. The van der Waals surface area contributed by atoms with E-state index in [4.69, 9.17) is 0 Å². The molecule has 0 spiro atoms. The average Bonchev–Trinajstić information content (AvgIpc) is 2.72. The normalized spacial score (nSPS) is 11.2. The van der Waals surface area contributed by atoms with Gasteiger partial charge < -0.3 is 5.32 Å². The molecule has 31 heavy (non-hydrogen) atoms. The molecule has 0 bridgehead atoms. The number of anilines is 2. The lowest BCUT2D eigenvalue weighted by Crippen LogP contribution is -2.15. The van der Waals surface area contributed by atoms with Crippen LogP contribution in [0, 0.1) is 20.8 Å². The second-order valence-electron chi connectivity index (χ2n) is 7.41. The third-order valence-electron chi connectivity index (χ3n) is 4.70. The summed E-state index contributed by atoms with van der Waals surface area (Å²) in [6.45, 7) is 5.80. The minimum atomic E-state index is -3.71. The summed E-state index contributed by atoms with van der Waals surface area (Å²) in [5.74, 6) is 0.560. The predicted molar refractivity (Wildman–Crippen MR) is 128 cm³/mol. The third-order valence-corrected chi connectivity index (χ3v) is 7.10. The zero-order valence-electron chi connectivity index (χ0n) is 17.8. The molecule has 0 saturated carbocycles. The van der Waals surface area contributed by atoms with E-state index in [2.05, 4.69) is 10.0 Å². The minimum absolute atomic E-state index is 0.108. The van der Waals surface area contributed by atoms with Crippen LogP contribution in [0.3, 0.4) is 0 Å². The van der Waals surface area contributed by atoms with Crippen LogP contribution in [0.5, 0.6) is 0 Å². The molecule has 3 rings (SSSR count). The van der Waals surface area contributed by atoms with Gasteiger partial charge in [-0.2, -0.15) is 0 Å². The summed E-state index contributed by atoms with van der Waals surface area (Å²) in [4.78, 5) is 13.5. The van der Waals surface area contributed by atoms with Crippen LogP contribution in [-0.4, -0.2) is 20.1 Å². The Kier molecular flexibility index (Phi) is 7.41. The van der Waals surface area contributed by atoms with Crippen molar-refractivity contribution in [3.63, 3.8) is 0 Å². The molecule has 5 nitrogen and oxygen atoms in total. The molecule has 0 aromatic heterocycles. The van der Waals surface area contributed by atoms with Gasteiger partial charge in [-0.3, -0.25) is 9.52 Å². The van der Waals surface area contributed by atoms with Gasteiger partial charge in [-0.25, -0.2) is 8.42 Å². The summed E-state index contributed by atoms with van der Waals surface area (Å²) in [6.07, 6.45) is 0.368. The van der Waals surface area contributed by atoms with Gasteiger partial charge in [0.2, 0.25) is 5.91 Å². The van der Waals surface area contributed by atoms with Gasteiger partial charge in [-0.15, -0.1) is 11.8 Å². The topological polar surface area (TPSA) is 75.3 Å². The second-order valence-corrected chi connectivity index (χ2v) is 10.3. The van der Waals surface area contributed by atoms with Crippen molar-refractivity contribution in [1.82, 2.24) is 0 Å². The van der Waals surface area contributed by atoms with Crippen LogP contribution in [0.15, 0.2) is 76.5 Å². The zero-order valence-corrected chi connectivity index (χ0v) is 19.4. The fourth-order valence-corrected chi connectivity index (χ4v) is 4.86. The van der Waals surface area contributed by atoms with Crippen molar-refractivity contribution >= 4 is 39.1 Å². The van der Waals surface area contributed by atoms with Crippen molar-refractivity contribution in [3.8, 4) is 0 Å². The van der Waals surface area contributed by atoms with Crippen LogP contribution in [0.1, 0.15) is 23.1 Å². The molecule has 0 fully saturated rings. The Morgan fingerprint density at radius 3 is 2.19 bits per heavy atom. The second kappa shape index (κ2) is 10.0. The Bertz CT molecular complexity index is 1160. The first kappa shape index (κ1) is 22.9. The maximum atomic E-state index is 12.7. The molecular weight excluding hydrogens is 428 g/mol. The number of aryl methyl sites for hydroxylation is 3. The van der Waals surface area contributed by atoms with Crippen LogP contribution in [0.2, 0.25) is 0 Å². The van der Waals surface area contributed by atoms with Crippen LogP contribution in [0.4, 0.5) is 11.4 Å². The molecule has 162 valence electrons. The lowest BCUT2D eigenvalue weighted by atomic mass is 10.1. The summed E-state index contributed by atoms with van der Waals surface area (Å²) < 4.78 is 28.0. The van der Waals surface area contributed by atoms with Gasteiger partial charge in [-0.1, -0.05) is 29.8 Å². The Balaban J connectivity index is 1.55. The van der Waals surface area contributed by atoms with Crippen LogP contribution in [0.25, 0.3) is 0 Å². The molecule has 0 aliphatic rings. The number of carbonyl (C=O) groups excluding carboxylic acids is 1. The molecular formula is C24H26N2O3S2. The largest absolute Gasteiger partial charge is 0.326 e.